The number of nitrogens with two attached hydrogens (primary N) is 1. The third kappa shape index (κ3) is 13.5. The zero-order chi connectivity index (χ0) is 3.41. The van der Waals surface area contributed by atoms with Gasteiger partial charge in [0.05, 0.1) is 0 Å². The van der Waals surface area contributed by atoms with Crippen molar-refractivity contribution in [2.45, 2.75) is 0 Å². The van der Waals surface area contributed by atoms with Crippen molar-refractivity contribution in [2.75, 3.05) is 6.54 Å². The second-order valence-corrected chi connectivity index (χ2v) is 0.524. The van der Waals surface area contributed by atoms with Crippen molar-refractivity contribution in [3.05, 3.63) is 12.7 Å². The van der Waals surface area contributed by atoms with Gasteiger partial charge in [-0.3, -0.25) is 0 Å². The Kier molecular flexibility index (Phi) is 15.9. The normalized spacial score (nSPS) is 5.00. The van der Waals surface area contributed by atoms with Crippen molar-refractivity contribution in [3.63, 3.8) is 0 Å². The van der Waals surface area contributed by atoms with Crippen LogP contribution in [0.4, 0.5) is 0 Å². The van der Waals surface area contributed by atoms with Crippen molar-refractivity contribution in [2.24, 2.45) is 5.73 Å². The molecular formula is C3H8LiN. The summed E-state index contributed by atoms with van der Waals surface area (Å²) < 4.78 is 0. The number of hydrogen-bond acceptors (Lipinski definition) is 1. The Hall–Kier alpha value is 0.297. The topological polar surface area (TPSA) is 26.0 Å². The molecular weight excluding hydrogens is 57.0 g/mol. The van der Waals surface area contributed by atoms with Gasteiger partial charge in [-0.1, -0.05) is 6.08 Å². The molecule has 26 valence electrons. The standard InChI is InChI=1S/C3H7N.Li.H/c1-2-3-4;;/h2H,1,3-4H2;;/q;+1;-1. The van der Waals surface area contributed by atoms with Gasteiger partial charge in [-0.25, -0.2) is 0 Å². The summed E-state index contributed by atoms with van der Waals surface area (Å²) in [6.45, 7) is 3.94. The summed E-state index contributed by atoms with van der Waals surface area (Å²) >= 11 is 0. The van der Waals surface area contributed by atoms with Gasteiger partial charge in [0.15, 0.2) is 0 Å². The average molecular weight is 65.0 g/mol. The predicted molar refractivity (Wildman–Crippen MR) is 20.4 cm³/mol. The summed E-state index contributed by atoms with van der Waals surface area (Å²) in [5.41, 5.74) is 4.91. The molecule has 0 unspecified atom stereocenters. The molecule has 0 rings (SSSR count). The molecule has 0 heterocycles. The van der Waals surface area contributed by atoms with E-state index in [-0.39, 0.29) is 20.3 Å². The van der Waals surface area contributed by atoms with E-state index >= 15 is 0 Å². The van der Waals surface area contributed by atoms with Crippen LogP contribution in [-0.2, 0) is 0 Å². The molecule has 0 saturated carbocycles. The summed E-state index contributed by atoms with van der Waals surface area (Å²) in [4.78, 5) is 0. The van der Waals surface area contributed by atoms with Gasteiger partial charge in [0.25, 0.3) is 0 Å². The van der Waals surface area contributed by atoms with Crippen LogP contribution in [0.25, 0.3) is 0 Å². The minimum Gasteiger partial charge on any atom is -1.00 e. The molecule has 0 aromatic carbocycles. The van der Waals surface area contributed by atoms with Crippen molar-refractivity contribution in [1.82, 2.24) is 0 Å². The molecule has 5 heavy (non-hydrogen) atoms. The van der Waals surface area contributed by atoms with E-state index in [9.17, 15) is 0 Å². The van der Waals surface area contributed by atoms with Gasteiger partial charge in [0.1, 0.15) is 0 Å². The van der Waals surface area contributed by atoms with E-state index in [1.165, 1.54) is 0 Å². The number of hydrogen-bond donors (Lipinski definition) is 1. The van der Waals surface area contributed by atoms with Crippen LogP contribution in [0, 0.1) is 0 Å². The monoisotopic (exact) mass is 65.1 g/mol. The van der Waals surface area contributed by atoms with Crippen LogP contribution in [0.3, 0.4) is 0 Å². The molecule has 0 saturated heterocycles. The quantitative estimate of drug-likeness (QED) is 0.260. The maximum Gasteiger partial charge on any atom is 1.00 e. The average Bonchev–Trinajstić information content (AvgIpc) is 1.37. The van der Waals surface area contributed by atoms with E-state index in [2.05, 4.69) is 6.58 Å². The third-order valence-electron chi connectivity index (χ3n) is 0.167. The summed E-state index contributed by atoms with van der Waals surface area (Å²) in [7, 11) is 0. The Morgan fingerprint density at radius 3 is 2.20 bits per heavy atom. The molecule has 2 heteroatoms. The fourth-order valence-electron chi connectivity index (χ4n) is 0. The van der Waals surface area contributed by atoms with Crippen LogP contribution in [-0.4, -0.2) is 6.54 Å². The van der Waals surface area contributed by atoms with Crippen molar-refractivity contribution in [3.8, 4) is 0 Å². The maximum absolute atomic E-state index is 4.91. The van der Waals surface area contributed by atoms with Gasteiger partial charge in [0, 0.05) is 6.54 Å². The van der Waals surface area contributed by atoms with E-state index < -0.39 is 0 Å². The molecule has 0 atom stereocenters. The van der Waals surface area contributed by atoms with Crippen molar-refractivity contribution < 1.29 is 20.3 Å². The first-order valence-electron chi connectivity index (χ1n) is 1.22. The molecule has 0 amide bonds. The Labute approximate surface area is 45.9 Å². The van der Waals surface area contributed by atoms with Crippen LogP contribution in [0.1, 0.15) is 1.43 Å². The van der Waals surface area contributed by atoms with E-state index in [1.54, 1.807) is 6.08 Å². The van der Waals surface area contributed by atoms with Gasteiger partial charge < -0.3 is 7.16 Å². The fourth-order valence-corrected chi connectivity index (χ4v) is 0. The first kappa shape index (κ1) is 9.00. The minimum atomic E-state index is 0. The molecule has 0 aromatic rings. The Morgan fingerprint density at radius 2 is 2.20 bits per heavy atom. The zero-order valence-electron chi connectivity index (χ0n) is 4.57. The number of rotatable bonds is 1. The van der Waals surface area contributed by atoms with Crippen LogP contribution in [0.5, 0.6) is 0 Å². The van der Waals surface area contributed by atoms with E-state index in [1.807, 2.05) is 0 Å². The first-order valence-corrected chi connectivity index (χ1v) is 1.22. The Morgan fingerprint density at radius 1 is 2.00 bits per heavy atom. The van der Waals surface area contributed by atoms with Crippen LogP contribution < -0.4 is 24.6 Å². The largest absolute Gasteiger partial charge is 1.00 e. The SMILES string of the molecule is C=CCN.[H-].[Li+]. The Balaban J connectivity index is -0.0000000450. The first-order chi connectivity index (χ1) is 1.91. The van der Waals surface area contributed by atoms with Gasteiger partial charge in [-0.2, -0.15) is 0 Å². The molecule has 0 aliphatic carbocycles. The fraction of sp³-hybridized carbons (Fsp3) is 0.333. The smallest absolute Gasteiger partial charge is 1.00 e. The second kappa shape index (κ2) is 8.85. The minimum absolute atomic E-state index is 0. The van der Waals surface area contributed by atoms with Gasteiger partial charge in [-0.05, 0) is 0 Å². The molecule has 1 nitrogen and oxygen atoms in total. The molecule has 0 bridgehead atoms. The van der Waals surface area contributed by atoms with Crippen LogP contribution >= 0.6 is 0 Å². The summed E-state index contributed by atoms with van der Waals surface area (Å²) in [6.07, 6.45) is 1.65. The van der Waals surface area contributed by atoms with Gasteiger partial charge in [0.2, 0.25) is 0 Å². The van der Waals surface area contributed by atoms with E-state index in [0.29, 0.717) is 6.54 Å². The third-order valence-corrected chi connectivity index (χ3v) is 0.167. The molecule has 0 aromatic heterocycles. The van der Waals surface area contributed by atoms with Crippen LogP contribution in [0.15, 0.2) is 12.7 Å². The molecule has 0 fully saturated rings. The molecule has 0 radical (unpaired) electrons. The Bertz CT molecular complexity index is 24.8. The van der Waals surface area contributed by atoms with E-state index in [0.717, 1.165) is 0 Å². The molecule has 2 N–H and O–H groups in total. The summed E-state index contributed by atoms with van der Waals surface area (Å²) in [5.74, 6) is 0. The van der Waals surface area contributed by atoms with Crippen LogP contribution in [0.2, 0.25) is 0 Å². The van der Waals surface area contributed by atoms with Gasteiger partial charge >= 0.3 is 18.9 Å². The molecule has 0 spiro atoms. The maximum atomic E-state index is 4.91. The summed E-state index contributed by atoms with van der Waals surface area (Å²) in [5, 5.41) is 0. The van der Waals surface area contributed by atoms with Crippen molar-refractivity contribution in [1.29, 1.82) is 0 Å². The van der Waals surface area contributed by atoms with Gasteiger partial charge in [-0.15, -0.1) is 6.58 Å². The van der Waals surface area contributed by atoms with E-state index in [4.69, 9.17) is 5.73 Å². The summed E-state index contributed by atoms with van der Waals surface area (Å²) in [6, 6.07) is 0. The molecule has 0 aliphatic heterocycles. The second-order valence-electron chi connectivity index (χ2n) is 0.524. The zero-order valence-corrected chi connectivity index (χ0v) is 3.57. The van der Waals surface area contributed by atoms with Crippen molar-refractivity contribution >= 4 is 0 Å². The predicted octanol–water partition coefficient (Wildman–Crippen LogP) is -2.75. The molecule has 0 aliphatic rings.